The lowest BCUT2D eigenvalue weighted by Gasteiger charge is -2.15. The summed E-state index contributed by atoms with van der Waals surface area (Å²) in [5.74, 6) is -1.87. The zero-order valence-electron chi connectivity index (χ0n) is 19.9. The Hall–Kier alpha value is -4.41. The summed E-state index contributed by atoms with van der Waals surface area (Å²) in [5, 5.41) is 10.8. The molecule has 0 aliphatic heterocycles. The number of carboxylic acid groups (broad SMARTS) is 1. The number of amides is 1. The van der Waals surface area contributed by atoms with Crippen LogP contribution in [0.15, 0.2) is 92.7 Å². The minimum absolute atomic E-state index is 0.111. The molecule has 2 heterocycles. The second-order valence-corrected chi connectivity index (χ2v) is 9.49. The number of hydrogen-bond acceptors (Lipinski definition) is 6. The van der Waals surface area contributed by atoms with Gasteiger partial charge in [0.15, 0.2) is 11.2 Å². The van der Waals surface area contributed by atoms with Gasteiger partial charge in [-0.25, -0.2) is 5.43 Å². The maximum Gasteiger partial charge on any atom is 0.322 e. The fourth-order valence-corrected chi connectivity index (χ4v) is 4.35. The Morgan fingerprint density at radius 3 is 2.63 bits per heavy atom. The molecule has 0 aliphatic carbocycles. The minimum atomic E-state index is -1.15. The van der Waals surface area contributed by atoms with Crippen molar-refractivity contribution in [1.29, 1.82) is 0 Å². The summed E-state index contributed by atoms with van der Waals surface area (Å²) in [4.78, 5) is 40.6. The van der Waals surface area contributed by atoms with E-state index in [9.17, 15) is 19.5 Å². The van der Waals surface area contributed by atoms with Crippen LogP contribution in [-0.4, -0.2) is 28.0 Å². The molecule has 9 nitrogen and oxygen atoms in total. The van der Waals surface area contributed by atoms with Gasteiger partial charge in [-0.2, -0.15) is 0 Å². The van der Waals surface area contributed by atoms with Crippen LogP contribution >= 0.6 is 15.9 Å². The van der Waals surface area contributed by atoms with Crippen LogP contribution in [0.5, 0.6) is 5.75 Å². The zero-order chi connectivity index (χ0) is 26.6. The van der Waals surface area contributed by atoms with Gasteiger partial charge >= 0.3 is 11.9 Å². The van der Waals surface area contributed by atoms with Gasteiger partial charge in [0.25, 0.3) is 0 Å². The normalized spacial score (nSPS) is 11.9. The van der Waals surface area contributed by atoms with Crippen LogP contribution in [0.2, 0.25) is 0 Å². The summed E-state index contributed by atoms with van der Waals surface area (Å²) < 4.78 is 12.5. The number of rotatable bonds is 9. The molecule has 192 valence electrons. The third-order valence-corrected chi connectivity index (χ3v) is 6.53. The Bertz CT molecular complexity index is 1690. The minimum Gasteiger partial charge on any atom is -0.488 e. The first kappa shape index (κ1) is 25.2. The molecule has 38 heavy (non-hydrogen) atoms. The molecule has 10 heteroatoms. The molecular formula is C28H22BrN3O6. The highest BCUT2D eigenvalue weighted by atomic mass is 79.9. The highest BCUT2D eigenvalue weighted by Gasteiger charge is 2.22. The highest BCUT2D eigenvalue weighted by molar-refractivity contribution is 9.10. The Kier molecular flexibility index (Phi) is 7.25. The number of aromatic nitrogens is 1. The molecule has 5 aromatic rings. The monoisotopic (exact) mass is 575 g/mol. The van der Waals surface area contributed by atoms with Crippen LogP contribution in [0.1, 0.15) is 21.7 Å². The van der Waals surface area contributed by atoms with Crippen molar-refractivity contribution < 1.29 is 23.8 Å². The van der Waals surface area contributed by atoms with E-state index in [1.54, 1.807) is 24.4 Å². The number of ether oxygens (including phenoxy) is 1. The molecule has 0 saturated heterocycles. The number of aromatic amines is 1. The molecule has 3 aromatic carbocycles. The summed E-state index contributed by atoms with van der Waals surface area (Å²) >= 11 is 3.39. The Morgan fingerprint density at radius 1 is 1.05 bits per heavy atom. The van der Waals surface area contributed by atoms with E-state index in [2.05, 4.69) is 31.8 Å². The Balaban J connectivity index is 1.30. The van der Waals surface area contributed by atoms with E-state index in [-0.39, 0.29) is 29.8 Å². The number of benzene rings is 3. The van der Waals surface area contributed by atoms with Gasteiger partial charge in [-0.05, 0) is 41.5 Å². The van der Waals surface area contributed by atoms with Crippen molar-refractivity contribution in [2.45, 2.75) is 19.1 Å². The fraction of sp³-hybridized carbons (Fsp3) is 0.107. The number of aliphatic carboxylic acids is 1. The molecule has 0 bridgehead atoms. The summed E-state index contributed by atoms with van der Waals surface area (Å²) in [6.07, 6.45) is 1.85. The first-order chi connectivity index (χ1) is 18.4. The average Bonchev–Trinajstić information content (AvgIpc) is 3.33. The third-order valence-electron chi connectivity index (χ3n) is 6.00. The van der Waals surface area contributed by atoms with Crippen LogP contribution in [0.3, 0.4) is 0 Å². The van der Waals surface area contributed by atoms with E-state index in [1.807, 2.05) is 48.5 Å². The maximum atomic E-state index is 12.9. The quantitative estimate of drug-likeness (QED) is 0.189. The molecule has 1 atom stereocenters. The SMILES string of the molecule is O=C(NN[C@H](Cc1c[nH]c2ccccc12)C(=O)O)c1cc(=O)c2c(OCc3ccc(Br)cc3)cccc2o1. The Morgan fingerprint density at radius 2 is 1.84 bits per heavy atom. The molecule has 4 N–H and O–H groups in total. The number of carboxylic acids is 1. The van der Waals surface area contributed by atoms with Gasteiger partial charge in [-0.3, -0.25) is 19.8 Å². The summed E-state index contributed by atoms with van der Waals surface area (Å²) in [6, 6.07) is 19.9. The standard InChI is InChI=1S/C28H22BrN3O6/c29-18-10-8-16(9-11-18)15-37-23-6-3-7-24-26(23)22(33)13-25(38-24)27(34)32-31-21(28(35)36)12-17-14-30-20-5-2-1-4-19(17)20/h1-11,13-14,21,30-31H,12,15H2,(H,32,34)(H,35,36)/t21-/m1/s1. The number of carbonyl (C=O) groups excluding carboxylic acids is 1. The van der Waals surface area contributed by atoms with Crippen molar-refractivity contribution in [2.75, 3.05) is 0 Å². The van der Waals surface area contributed by atoms with Crippen LogP contribution < -0.4 is 21.0 Å². The van der Waals surface area contributed by atoms with Gasteiger partial charge in [0, 0.05) is 34.1 Å². The van der Waals surface area contributed by atoms with Crippen molar-refractivity contribution >= 4 is 49.7 Å². The van der Waals surface area contributed by atoms with E-state index in [0.29, 0.717) is 5.75 Å². The molecule has 2 aromatic heterocycles. The summed E-state index contributed by atoms with van der Waals surface area (Å²) in [6.45, 7) is 0.241. The average molecular weight is 576 g/mol. The van der Waals surface area contributed by atoms with Gasteiger partial charge in [-0.1, -0.05) is 52.3 Å². The molecule has 0 spiro atoms. The second kappa shape index (κ2) is 10.9. The Labute approximate surface area is 224 Å². The number of nitrogens with one attached hydrogen (secondary N) is 3. The van der Waals surface area contributed by atoms with Gasteiger partial charge in [-0.15, -0.1) is 0 Å². The van der Waals surface area contributed by atoms with Gasteiger partial charge in [0.05, 0.1) is 0 Å². The maximum absolute atomic E-state index is 12.9. The van der Waals surface area contributed by atoms with Crippen LogP contribution in [0.25, 0.3) is 21.9 Å². The summed E-state index contributed by atoms with van der Waals surface area (Å²) in [5.41, 5.74) is 7.18. The zero-order valence-corrected chi connectivity index (χ0v) is 21.4. The van der Waals surface area contributed by atoms with E-state index in [1.165, 1.54) is 0 Å². The van der Waals surface area contributed by atoms with Crippen LogP contribution in [0, 0.1) is 0 Å². The number of fused-ring (bicyclic) bond motifs is 2. The lowest BCUT2D eigenvalue weighted by atomic mass is 10.1. The van der Waals surface area contributed by atoms with Crippen molar-refractivity contribution in [2.24, 2.45) is 0 Å². The molecule has 5 rings (SSSR count). The third kappa shape index (κ3) is 5.46. The topological polar surface area (TPSA) is 134 Å². The first-order valence-corrected chi connectivity index (χ1v) is 12.5. The molecule has 0 radical (unpaired) electrons. The first-order valence-electron chi connectivity index (χ1n) is 11.7. The largest absolute Gasteiger partial charge is 0.488 e. The predicted octanol–water partition coefficient (Wildman–Crippen LogP) is 4.55. The number of carbonyl (C=O) groups is 2. The number of para-hydroxylation sites is 1. The van der Waals surface area contributed by atoms with Gasteiger partial charge in [0.2, 0.25) is 0 Å². The molecular weight excluding hydrogens is 554 g/mol. The van der Waals surface area contributed by atoms with Gasteiger partial charge in [0.1, 0.15) is 29.4 Å². The fourth-order valence-electron chi connectivity index (χ4n) is 4.09. The number of hydrazine groups is 1. The molecule has 0 unspecified atom stereocenters. The van der Waals surface area contributed by atoms with Gasteiger partial charge < -0.3 is 19.2 Å². The van der Waals surface area contributed by atoms with Crippen molar-refractivity contribution in [3.63, 3.8) is 0 Å². The van der Waals surface area contributed by atoms with Crippen molar-refractivity contribution in [3.05, 3.63) is 111 Å². The van der Waals surface area contributed by atoms with E-state index in [4.69, 9.17) is 9.15 Å². The molecule has 0 aliphatic rings. The number of halogens is 1. The second-order valence-electron chi connectivity index (χ2n) is 8.57. The van der Waals surface area contributed by atoms with Crippen LogP contribution in [0.4, 0.5) is 0 Å². The lowest BCUT2D eigenvalue weighted by Crippen LogP contribution is -2.49. The lowest BCUT2D eigenvalue weighted by molar-refractivity contribution is -0.139. The highest BCUT2D eigenvalue weighted by Crippen LogP contribution is 2.25. The van der Waals surface area contributed by atoms with Crippen molar-refractivity contribution in [1.82, 2.24) is 15.8 Å². The molecule has 0 fully saturated rings. The van der Waals surface area contributed by atoms with Crippen molar-refractivity contribution in [3.8, 4) is 5.75 Å². The van der Waals surface area contributed by atoms with E-state index < -0.39 is 23.3 Å². The predicted molar refractivity (Wildman–Crippen MR) is 145 cm³/mol. The smallest absolute Gasteiger partial charge is 0.322 e. The summed E-state index contributed by atoms with van der Waals surface area (Å²) in [7, 11) is 0. The molecule has 1 amide bonds. The molecule has 0 saturated carbocycles. The number of H-pyrrole nitrogens is 1. The van der Waals surface area contributed by atoms with E-state index >= 15 is 0 Å². The van der Waals surface area contributed by atoms with Crippen LogP contribution in [-0.2, 0) is 17.8 Å². The number of hydrogen-bond donors (Lipinski definition) is 4. The van der Waals surface area contributed by atoms with E-state index in [0.717, 1.165) is 32.6 Å².